The minimum Gasteiger partial charge on any atom is -0.357 e. The molecule has 3 aromatic rings. The van der Waals surface area contributed by atoms with E-state index in [-0.39, 0.29) is 11.4 Å². The normalized spacial score (nSPS) is 11.1. The third kappa shape index (κ3) is 4.80. The molecule has 0 bridgehead atoms. The average Bonchev–Trinajstić information content (AvgIpc) is 2.64. The molecule has 3 rings (SSSR count). The van der Waals surface area contributed by atoms with Crippen LogP contribution in [0.4, 0.5) is 0 Å². The second kappa shape index (κ2) is 7.72. The Bertz CT molecular complexity index is 980. The number of aromatic nitrogens is 1. The fourth-order valence-electron chi connectivity index (χ4n) is 2.67. The number of nitrogens with zero attached hydrogens (tertiary/aromatic N) is 1. The number of carbonyl (C=O) groups is 1. The Morgan fingerprint density at radius 3 is 2.33 bits per heavy atom. The molecule has 0 unspecified atom stereocenters. The number of hydrazine groups is 1. The Hall–Kier alpha value is -2.99. The summed E-state index contributed by atoms with van der Waals surface area (Å²) < 4.78 is 0. The van der Waals surface area contributed by atoms with E-state index in [2.05, 4.69) is 16.2 Å². The van der Waals surface area contributed by atoms with Gasteiger partial charge in [-0.3, -0.25) is 15.6 Å². The molecule has 2 aromatic carbocycles. The van der Waals surface area contributed by atoms with Crippen LogP contribution in [0.25, 0.3) is 22.2 Å². The molecule has 1 amide bonds. The van der Waals surface area contributed by atoms with Crippen molar-refractivity contribution in [1.82, 2.24) is 21.2 Å². The Balaban J connectivity index is 1.90. The first-order chi connectivity index (χ1) is 12.8. The minimum absolute atomic E-state index is 0.196. The maximum atomic E-state index is 12.8. The number of hydrogen-bond donors (Lipinski definition) is 3. The minimum atomic E-state index is -0.274. The highest BCUT2D eigenvalue weighted by Gasteiger charge is 2.15. The van der Waals surface area contributed by atoms with Crippen LogP contribution in [-0.4, -0.2) is 21.5 Å². The number of nitrogens with one attached hydrogen (secondary N) is 3. The van der Waals surface area contributed by atoms with Crippen LogP contribution in [0.5, 0.6) is 0 Å². The predicted octanol–water partition coefficient (Wildman–Crippen LogP) is 3.81. The van der Waals surface area contributed by atoms with Crippen LogP contribution < -0.4 is 16.2 Å². The van der Waals surface area contributed by atoms with Crippen molar-refractivity contribution >= 4 is 34.1 Å². The number of fused-ring (bicyclic) bond motifs is 1. The van der Waals surface area contributed by atoms with E-state index in [0.29, 0.717) is 10.7 Å². The molecule has 27 heavy (non-hydrogen) atoms. The lowest BCUT2D eigenvalue weighted by Gasteiger charge is -2.23. The fourth-order valence-corrected chi connectivity index (χ4v) is 3.03. The zero-order valence-corrected chi connectivity index (χ0v) is 16.4. The monoisotopic (exact) mass is 378 g/mol. The summed E-state index contributed by atoms with van der Waals surface area (Å²) in [6.07, 6.45) is 0. The summed E-state index contributed by atoms with van der Waals surface area (Å²) in [5, 5.41) is 4.24. The van der Waals surface area contributed by atoms with E-state index in [1.807, 2.05) is 75.4 Å². The van der Waals surface area contributed by atoms with Crippen molar-refractivity contribution in [2.75, 3.05) is 0 Å². The molecule has 0 saturated carbocycles. The Kier molecular flexibility index (Phi) is 5.37. The Morgan fingerprint density at radius 2 is 1.63 bits per heavy atom. The summed E-state index contributed by atoms with van der Waals surface area (Å²) in [6.45, 7) is 5.97. The van der Waals surface area contributed by atoms with Crippen LogP contribution in [0.1, 0.15) is 31.1 Å². The summed E-state index contributed by atoms with van der Waals surface area (Å²) in [7, 11) is 0. The summed E-state index contributed by atoms with van der Waals surface area (Å²) in [5.74, 6) is -0.274. The number of carbonyl (C=O) groups excluding carboxylic acids is 1. The van der Waals surface area contributed by atoms with Crippen LogP contribution in [-0.2, 0) is 0 Å². The van der Waals surface area contributed by atoms with Gasteiger partial charge in [0.15, 0.2) is 5.11 Å². The van der Waals surface area contributed by atoms with E-state index in [9.17, 15) is 4.79 Å². The van der Waals surface area contributed by atoms with Crippen molar-refractivity contribution in [3.8, 4) is 11.3 Å². The molecule has 0 aliphatic carbocycles. The first kappa shape index (κ1) is 18.8. The SMILES string of the molecule is CC(C)(C)NC(=S)NNC(=O)c1cc(-c2ccccc2)nc2ccccc12. The van der Waals surface area contributed by atoms with Gasteiger partial charge in [0.2, 0.25) is 0 Å². The number of thiocarbonyl (C=S) groups is 1. The lowest BCUT2D eigenvalue weighted by molar-refractivity contribution is 0.0945. The van der Waals surface area contributed by atoms with Crippen LogP contribution in [0.3, 0.4) is 0 Å². The van der Waals surface area contributed by atoms with Crippen molar-refractivity contribution in [3.05, 3.63) is 66.2 Å². The second-order valence-electron chi connectivity index (χ2n) is 7.22. The van der Waals surface area contributed by atoms with Crippen molar-refractivity contribution in [1.29, 1.82) is 0 Å². The molecule has 0 fully saturated rings. The molecule has 138 valence electrons. The number of rotatable bonds is 2. The van der Waals surface area contributed by atoms with Gasteiger partial charge >= 0.3 is 0 Å². The second-order valence-corrected chi connectivity index (χ2v) is 7.63. The maximum absolute atomic E-state index is 12.8. The van der Waals surface area contributed by atoms with Crippen LogP contribution in [0.2, 0.25) is 0 Å². The fraction of sp³-hybridized carbons (Fsp3) is 0.190. The third-order valence-corrected chi connectivity index (χ3v) is 4.01. The third-order valence-electron chi connectivity index (χ3n) is 3.81. The number of hydrogen-bond acceptors (Lipinski definition) is 3. The topological polar surface area (TPSA) is 66.0 Å². The predicted molar refractivity (Wildman–Crippen MR) is 113 cm³/mol. The molecule has 0 aliphatic heterocycles. The van der Waals surface area contributed by atoms with Gasteiger partial charge in [-0.25, -0.2) is 4.98 Å². The molecule has 5 nitrogen and oxygen atoms in total. The van der Waals surface area contributed by atoms with E-state index in [1.54, 1.807) is 6.07 Å². The van der Waals surface area contributed by atoms with Crippen LogP contribution >= 0.6 is 12.2 Å². The highest BCUT2D eigenvalue weighted by molar-refractivity contribution is 7.80. The zero-order chi connectivity index (χ0) is 19.4. The van der Waals surface area contributed by atoms with E-state index in [1.165, 1.54) is 0 Å². The zero-order valence-electron chi connectivity index (χ0n) is 15.5. The molecular weight excluding hydrogens is 356 g/mol. The highest BCUT2D eigenvalue weighted by atomic mass is 32.1. The highest BCUT2D eigenvalue weighted by Crippen LogP contribution is 2.24. The summed E-state index contributed by atoms with van der Waals surface area (Å²) in [5.41, 5.74) is 8.23. The van der Waals surface area contributed by atoms with Gasteiger partial charge in [-0.2, -0.15) is 0 Å². The van der Waals surface area contributed by atoms with Crippen molar-refractivity contribution in [2.45, 2.75) is 26.3 Å². The standard InChI is InChI=1S/C21H22N4OS/c1-21(2,3)23-20(27)25-24-19(26)16-13-18(14-9-5-4-6-10-14)22-17-12-8-7-11-15(16)17/h4-13H,1-3H3,(H,24,26)(H2,23,25,27). The van der Waals surface area contributed by atoms with Gasteiger partial charge in [-0.1, -0.05) is 48.5 Å². The van der Waals surface area contributed by atoms with Crippen LogP contribution in [0.15, 0.2) is 60.7 Å². The number of para-hydroxylation sites is 1. The van der Waals surface area contributed by atoms with Crippen molar-refractivity contribution in [2.24, 2.45) is 0 Å². The number of pyridine rings is 1. The van der Waals surface area contributed by atoms with Crippen LogP contribution in [0, 0.1) is 0 Å². The molecule has 0 saturated heterocycles. The summed E-state index contributed by atoms with van der Waals surface area (Å²) in [4.78, 5) is 17.5. The van der Waals surface area contributed by atoms with Gasteiger partial charge in [0.25, 0.3) is 5.91 Å². The molecule has 3 N–H and O–H groups in total. The molecular formula is C21H22N4OS. The Labute approximate surface area is 164 Å². The van der Waals surface area contributed by atoms with Gasteiger partial charge in [-0.05, 0) is 45.1 Å². The molecule has 1 heterocycles. The van der Waals surface area contributed by atoms with E-state index in [4.69, 9.17) is 17.2 Å². The van der Waals surface area contributed by atoms with Crippen molar-refractivity contribution in [3.63, 3.8) is 0 Å². The maximum Gasteiger partial charge on any atom is 0.270 e. The first-order valence-electron chi connectivity index (χ1n) is 8.67. The average molecular weight is 379 g/mol. The first-order valence-corrected chi connectivity index (χ1v) is 9.08. The largest absolute Gasteiger partial charge is 0.357 e. The summed E-state index contributed by atoms with van der Waals surface area (Å²) in [6, 6.07) is 19.2. The molecule has 0 aliphatic rings. The molecule has 0 spiro atoms. The number of amides is 1. The molecule has 6 heteroatoms. The Morgan fingerprint density at radius 1 is 0.963 bits per heavy atom. The van der Waals surface area contributed by atoms with Gasteiger partial charge in [0.1, 0.15) is 0 Å². The summed E-state index contributed by atoms with van der Waals surface area (Å²) >= 11 is 5.22. The van der Waals surface area contributed by atoms with Gasteiger partial charge in [0, 0.05) is 16.5 Å². The van der Waals surface area contributed by atoms with Gasteiger partial charge in [0.05, 0.1) is 16.8 Å². The molecule has 0 atom stereocenters. The van der Waals surface area contributed by atoms with Gasteiger partial charge in [-0.15, -0.1) is 0 Å². The van der Waals surface area contributed by atoms with E-state index in [0.717, 1.165) is 22.2 Å². The molecule has 0 radical (unpaired) electrons. The lowest BCUT2D eigenvalue weighted by atomic mass is 10.0. The quantitative estimate of drug-likeness (QED) is 0.467. The van der Waals surface area contributed by atoms with E-state index >= 15 is 0 Å². The number of benzene rings is 2. The molecule has 1 aromatic heterocycles. The lowest BCUT2D eigenvalue weighted by Crippen LogP contribution is -2.52. The van der Waals surface area contributed by atoms with E-state index < -0.39 is 0 Å². The van der Waals surface area contributed by atoms with Gasteiger partial charge < -0.3 is 5.32 Å². The van der Waals surface area contributed by atoms with Crippen molar-refractivity contribution < 1.29 is 4.79 Å². The smallest absolute Gasteiger partial charge is 0.270 e.